The Bertz CT molecular complexity index is 693. The van der Waals surface area contributed by atoms with Crippen LogP contribution in [0, 0.1) is 6.92 Å². The number of carbonyl (C=O) groups is 1. The van der Waals surface area contributed by atoms with Crippen LogP contribution in [0.4, 0.5) is 5.69 Å². The lowest BCUT2D eigenvalue weighted by atomic mass is 10.1. The lowest BCUT2D eigenvalue weighted by molar-refractivity contribution is 0.0993. The highest BCUT2D eigenvalue weighted by molar-refractivity contribution is 6.31. The van der Waals surface area contributed by atoms with Crippen LogP contribution in [-0.4, -0.2) is 12.9 Å². The molecular formula is C18H18ClNO2. The van der Waals surface area contributed by atoms with Crippen molar-refractivity contribution in [3.63, 3.8) is 0 Å². The highest BCUT2D eigenvalue weighted by atomic mass is 35.5. The van der Waals surface area contributed by atoms with Gasteiger partial charge < -0.3 is 10.1 Å². The van der Waals surface area contributed by atoms with Gasteiger partial charge in [0.15, 0.2) is 5.78 Å². The quantitative estimate of drug-likeness (QED) is 0.774. The van der Waals surface area contributed by atoms with Crippen molar-refractivity contribution in [2.75, 3.05) is 12.4 Å². The highest BCUT2D eigenvalue weighted by Gasteiger charge is 2.09. The fourth-order valence-electron chi connectivity index (χ4n) is 2.05. The number of ether oxygens (including phenoxy) is 1. The Balaban J connectivity index is 2.01. The Morgan fingerprint density at radius 3 is 2.55 bits per heavy atom. The molecule has 0 fully saturated rings. The molecule has 0 atom stereocenters. The normalized spacial score (nSPS) is 10.1. The van der Waals surface area contributed by atoms with E-state index in [2.05, 4.69) is 11.9 Å². The second kappa shape index (κ2) is 7.14. The summed E-state index contributed by atoms with van der Waals surface area (Å²) in [5.74, 6) is 0.725. The number of Topliss-reactive ketones (excluding diaryl/α,β-unsaturated/α-hetero) is 1. The van der Waals surface area contributed by atoms with Gasteiger partial charge in [-0.3, -0.25) is 4.79 Å². The molecule has 4 heteroatoms. The monoisotopic (exact) mass is 315 g/mol. The first-order chi connectivity index (χ1) is 10.5. The third kappa shape index (κ3) is 3.89. The third-order valence-electron chi connectivity index (χ3n) is 3.37. The second-order valence-electron chi connectivity index (χ2n) is 4.97. The molecule has 0 aromatic heterocycles. The van der Waals surface area contributed by atoms with Crippen LogP contribution < -0.4 is 10.1 Å². The van der Waals surface area contributed by atoms with Gasteiger partial charge in [-0.05, 0) is 48.9 Å². The molecule has 0 amide bonds. The van der Waals surface area contributed by atoms with Crippen molar-refractivity contribution in [1.29, 1.82) is 0 Å². The molecule has 0 aliphatic rings. The van der Waals surface area contributed by atoms with Crippen LogP contribution in [0.3, 0.4) is 0 Å². The molecule has 0 saturated carbocycles. The standard InChI is InChI=1S/C18H18ClNO2/c1-12(20-17-6-4-5-16(19)13(17)2)11-18(21)14-7-9-15(22-3)10-8-14/h4-10,20H,1,11H2,2-3H3. The number of hydrogen-bond donors (Lipinski definition) is 1. The van der Waals surface area contributed by atoms with Crippen LogP contribution in [0.2, 0.25) is 5.02 Å². The largest absolute Gasteiger partial charge is 0.497 e. The average molecular weight is 316 g/mol. The van der Waals surface area contributed by atoms with Gasteiger partial charge >= 0.3 is 0 Å². The van der Waals surface area contributed by atoms with Crippen LogP contribution in [0.1, 0.15) is 22.3 Å². The van der Waals surface area contributed by atoms with Gasteiger partial charge in [-0.2, -0.15) is 0 Å². The highest BCUT2D eigenvalue weighted by Crippen LogP contribution is 2.24. The Kier molecular flexibility index (Phi) is 5.23. The fraction of sp³-hybridized carbons (Fsp3) is 0.167. The first-order valence-corrected chi connectivity index (χ1v) is 7.26. The van der Waals surface area contributed by atoms with Crippen molar-refractivity contribution in [3.8, 4) is 5.75 Å². The van der Waals surface area contributed by atoms with Crippen molar-refractivity contribution in [2.45, 2.75) is 13.3 Å². The molecule has 22 heavy (non-hydrogen) atoms. The van der Waals surface area contributed by atoms with Gasteiger partial charge in [0.05, 0.1) is 13.5 Å². The lowest BCUT2D eigenvalue weighted by Crippen LogP contribution is -2.07. The van der Waals surface area contributed by atoms with Crippen LogP contribution >= 0.6 is 11.6 Å². The molecule has 0 radical (unpaired) electrons. The molecule has 3 nitrogen and oxygen atoms in total. The summed E-state index contributed by atoms with van der Waals surface area (Å²) in [6, 6.07) is 12.6. The topological polar surface area (TPSA) is 38.3 Å². The van der Waals surface area contributed by atoms with Crippen LogP contribution in [0.15, 0.2) is 54.7 Å². The molecule has 0 bridgehead atoms. The van der Waals surface area contributed by atoms with Crippen LogP contribution in [0.25, 0.3) is 0 Å². The Labute approximate surface area is 135 Å². The van der Waals surface area contributed by atoms with E-state index >= 15 is 0 Å². The Morgan fingerprint density at radius 2 is 1.91 bits per heavy atom. The maximum Gasteiger partial charge on any atom is 0.168 e. The zero-order valence-corrected chi connectivity index (χ0v) is 13.4. The summed E-state index contributed by atoms with van der Waals surface area (Å²) in [4.78, 5) is 12.2. The predicted molar refractivity (Wildman–Crippen MR) is 90.9 cm³/mol. The number of halogens is 1. The first kappa shape index (κ1) is 16.1. The molecule has 114 valence electrons. The van der Waals surface area contributed by atoms with Gasteiger partial charge in [-0.1, -0.05) is 24.2 Å². The maximum atomic E-state index is 12.2. The average Bonchev–Trinajstić information content (AvgIpc) is 2.52. The summed E-state index contributed by atoms with van der Waals surface area (Å²) < 4.78 is 5.08. The number of benzene rings is 2. The number of nitrogens with one attached hydrogen (secondary N) is 1. The van der Waals surface area contributed by atoms with Crippen molar-refractivity contribution < 1.29 is 9.53 Å². The molecular weight excluding hydrogens is 298 g/mol. The van der Waals surface area contributed by atoms with E-state index in [1.807, 2.05) is 25.1 Å². The molecule has 0 aliphatic carbocycles. The molecule has 0 spiro atoms. The number of rotatable bonds is 6. The van der Waals surface area contributed by atoms with Crippen LogP contribution in [0.5, 0.6) is 5.75 Å². The molecule has 2 aromatic rings. The third-order valence-corrected chi connectivity index (χ3v) is 3.77. The van der Waals surface area contributed by atoms with Crippen LogP contribution in [-0.2, 0) is 0 Å². The first-order valence-electron chi connectivity index (χ1n) is 6.88. The van der Waals surface area contributed by atoms with Gasteiger partial charge in [0.2, 0.25) is 0 Å². The predicted octanol–water partition coefficient (Wildman–Crippen LogP) is 4.86. The van der Waals surface area contributed by atoms with E-state index in [0.717, 1.165) is 17.0 Å². The summed E-state index contributed by atoms with van der Waals surface area (Å²) in [6.07, 6.45) is 0.221. The summed E-state index contributed by atoms with van der Waals surface area (Å²) in [5, 5.41) is 3.83. The van der Waals surface area contributed by atoms with Crippen molar-refractivity contribution in [1.82, 2.24) is 0 Å². The fourth-order valence-corrected chi connectivity index (χ4v) is 2.22. The van der Waals surface area contributed by atoms with E-state index in [1.54, 1.807) is 31.4 Å². The summed E-state index contributed by atoms with van der Waals surface area (Å²) in [7, 11) is 1.59. The Morgan fingerprint density at radius 1 is 1.23 bits per heavy atom. The molecule has 1 N–H and O–H groups in total. The summed E-state index contributed by atoms with van der Waals surface area (Å²) >= 11 is 6.08. The van der Waals surface area contributed by atoms with Gasteiger partial charge in [0.25, 0.3) is 0 Å². The van der Waals surface area contributed by atoms with E-state index in [0.29, 0.717) is 16.3 Å². The summed E-state index contributed by atoms with van der Waals surface area (Å²) in [5.41, 5.74) is 3.06. The van der Waals surface area contributed by atoms with Crippen molar-refractivity contribution >= 4 is 23.1 Å². The van der Waals surface area contributed by atoms with Gasteiger partial charge in [-0.15, -0.1) is 0 Å². The SMILES string of the molecule is C=C(CC(=O)c1ccc(OC)cc1)Nc1cccc(Cl)c1C. The molecule has 0 saturated heterocycles. The molecule has 0 unspecified atom stereocenters. The minimum Gasteiger partial charge on any atom is -0.497 e. The van der Waals surface area contributed by atoms with E-state index in [1.165, 1.54) is 0 Å². The van der Waals surface area contributed by atoms with E-state index in [9.17, 15) is 4.79 Å². The number of carbonyl (C=O) groups excluding carboxylic acids is 1. The minimum atomic E-state index is -0.000154. The number of anilines is 1. The minimum absolute atomic E-state index is 0.000154. The molecule has 0 aliphatic heterocycles. The van der Waals surface area contributed by atoms with E-state index in [4.69, 9.17) is 16.3 Å². The number of ketones is 1. The summed E-state index contributed by atoms with van der Waals surface area (Å²) in [6.45, 7) is 5.84. The second-order valence-corrected chi connectivity index (χ2v) is 5.38. The number of allylic oxidation sites excluding steroid dienone is 1. The number of hydrogen-bond acceptors (Lipinski definition) is 3. The Hall–Kier alpha value is -2.26. The molecule has 0 heterocycles. The van der Waals surface area contributed by atoms with Gasteiger partial charge in [-0.25, -0.2) is 0 Å². The molecule has 2 aromatic carbocycles. The number of methoxy groups -OCH3 is 1. The van der Waals surface area contributed by atoms with Crippen molar-refractivity contribution in [3.05, 3.63) is 70.9 Å². The zero-order chi connectivity index (χ0) is 16.1. The van der Waals surface area contributed by atoms with Gasteiger partial charge in [0, 0.05) is 22.0 Å². The van der Waals surface area contributed by atoms with E-state index in [-0.39, 0.29) is 12.2 Å². The van der Waals surface area contributed by atoms with Crippen molar-refractivity contribution in [2.24, 2.45) is 0 Å². The molecule has 2 rings (SSSR count). The van der Waals surface area contributed by atoms with Gasteiger partial charge in [0.1, 0.15) is 5.75 Å². The smallest absolute Gasteiger partial charge is 0.168 e. The maximum absolute atomic E-state index is 12.2. The lowest BCUT2D eigenvalue weighted by Gasteiger charge is -2.12. The zero-order valence-electron chi connectivity index (χ0n) is 12.7. The van der Waals surface area contributed by atoms with E-state index < -0.39 is 0 Å².